The topological polar surface area (TPSA) is 80.9 Å². The molecule has 1 aliphatic carbocycles. The van der Waals surface area contributed by atoms with Crippen molar-refractivity contribution in [1.82, 2.24) is 10.2 Å². The van der Waals surface area contributed by atoms with E-state index >= 15 is 0 Å². The van der Waals surface area contributed by atoms with Crippen LogP contribution in [0.2, 0.25) is 0 Å². The van der Waals surface area contributed by atoms with Crippen LogP contribution in [0.15, 0.2) is 0 Å². The van der Waals surface area contributed by atoms with E-state index in [-0.39, 0.29) is 11.3 Å². The van der Waals surface area contributed by atoms with Crippen molar-refractivity contribution in [2.24, 2.45) is 5.73 Å². The number of hydrogen-bond acceptors (Lipinski definition) is 5. The predicted molar refractivity (Wildman–Crippen MR) is 72.6 cm³/mol. The average molecular weight is 268 g/mol. The van der Waals surface area contributed by atoms with E-state index in [0.29, 0.717) is 5.13 Å². The lowest BCUT2D eigenvalue weighted by Crippen LogP contribution is -2.48. The van der Waals surface area contributed by atoms with Gasteiger partial charge in [-0.05, 0) is 12.8 Å². The summed E-state index contributed by atoms with van der Waals surface area (Å²) in [5.74, 6) is -0.128. The van der Waals surface area contributed by atoms with Crippen molar-refractivity contribution in [2.75, 3.05) is 5.32 Å². The maximum Gasteiger partial charge on any atom is 0.246 e. The van der Waals surface area contributed by atoms with Gasteiger partial charge in [-0.15, -0.1) is 10.2 Å². The quantitative estimate of drug-likeness (QED) is 0.860. The molecule has 0 aliphatic heterocycles. The molecule has 0 aromatic carbocycles. The molecule has 0 bridgehead atoms. The number of anilines is 1. The van der Waals surface area contributed by atoms with Gasteiger partial charge in [0.2, 0.25) is 11.0 Å². The third-order valence-corrected chi connectivity index (χ3v) is 4.50. The van der Waals surface area contributed by atoms with Gasteiger partial charge in [-0.25, -0.2) is 0 Å². The molecule has 0 spiro atoms. The summed E-state index contributed by atoms with van der Waals surface area (Å²) in [6.07, 6.45) is 3.55. The number of carbonyl (C=O) groups excluding carboxylic acids is 1. The zero-order chi connectivity index (χ0) is 13.4. The summed E-state index contributed by atoms with van der Waals surface area (Å²) in [6.45, 7) is 6.21. The first-order valence-corrected chi connectivity index (χ1v) is 7.07. The Bertz CT molecular complexity index is 443. The normalized spacial score (nSPS) is 18.9. The molecule has 18 heavy (non-hydrogen) atoms. The molecule has 1 aliphatic rings. The van der Waals surface area contributed by atoms with Crippen LogP contribution >= 0.6 is 11.3 Å². The van der Waals surface area contributed by atoms with Gasteiger partial charge < -0.3 is 5.73 Å². The van der Waals surface area contributed by atoms with Crippen LogP contribution in [0.5, 0.6) is 0 Å². The van der Waals surface area contributed by atoms with E-state index in [0.717, 1.165) is 30.7 Å². The van der Waals surface area contributed by atoms with Crippen LogP contribution < -0.4 is 11.1 Å². The van der Waals surface area contributed by atoms with Crippen LogP contribution in [0.25, 0.3) is 0 Å². The van der Waals surface area contributed by atoms with E-state index in [1.807, 2.05) is 0 Å². The summed E-state index contributed by atoms with van der Waals surface area (Å²) >= 11 is 1.42. The summed E-state index contributed by atoms with van der Waals surface area (Å²) in [5, 5.41) is 12.4. The molecule has 1 aromatic rings. The molecule has 1 heterocycles. The van der Waals surface area contributed by atoms with Gasteiger partial charge in [0.25, 0.3) is 0 Å². The first kappa shape index (κ1) is 13.4. The summed E-state index contributed by atoms with van der Waals surface area (Å²) < 4.78 is 0. The number of nitrogens with one attached hydrogen (secondary N) is 1. The summed E-state index contributed by atoms with van der Waals surface area (Å²) in [7, 11) is 0. The largest absolute Gasteiger partial charge is 0.317 e. The van der Waals surface area contributed by atoms with Gasteiger partial charge >= 0.3 is 0 Å². The van der Waals surface area contributed by atoms with Crippen LogP contribution in [0.4, 0.5) is 5.13 Å². The fraction of sp³-hybridized carbons (Fsp3) is 0.750. The molecule has 1 aromatic heterocycles. The van der Waals surface area contributed by atoms with Crippen LogP contribution in [0.3, 0.4) is 0 Å². The monoisotopic (exact) mass is 268 g/mol. The lowest BCUT2D eigenvalue weighted by molar-refractivity contribution is -0.121. The molecule has 1 saturated carbocycles. The fourth-order valence-corrected chi connectivity index (χ4v) is 2.83. The zero-order valence-electron chi connectivity index (χ0n) is 11.1. The minimum Gasteiger partial charge on any atom is -0.317 e. The first-order chi connectivity index (χ1) is 8.31. The number of carbonyl (C=O) groups is 1. The Morgan fingerprint density at radius 3 is 2.44 bits per heavy atom. The lowest BCUT2D eigenvalue weighted by Gasteiger charge is -2.21. The van der Waals surface area contributed by atoms with Crippen molar-refractivity contribution in [3.05, 3.63) is 5.01 Å². The zero-order valence-corrected chi connectivity index (χ0v) is 11.9. The van der Waals surface area contributed by atoms with Gasteiger partial charge in [-0.2, -0.15) is 0 Å². The van der Waals surface area contributed by atoms with Crippen LogP contribution in [0.1, 0.15) is 51.5 Å². The SMILES string of the molecule is CC(C)(C)c1nnc(NC(=O)C2(N)CCCC2)s1. The summed E-state index contributed by atoms with van der Waals surface area (Å²) in [6, 6.07) is 0. The third-order valence-electron chi connectivity index (χ3n) is 3.24. The van der Waals surface area contributed by atoms with Gasteiger partial charge in [-0.3, -0.25) is 10.1 Å². The summed E-state index contributed by atoms with van der Waals surface area (Å²) in [5.41, 5.74) is 5.33. The van der Waals surface area contributed by atoms with Crippen molar-refractivity contribution in [1.29, 1.82) is 0 Å². The van der Waals surface area contributed by atoms with E-state index in [9.17, 15) is 4.79 Å². The maximum absolute atomic E-state index is 12.1. The van der Waals surface area contributed by atoms with Gasteiger partial charge in [0.05, 0.1) is 5.54 Å². The van der Waals surface area contributed by atoms with E-state index in [1.165, 1.54) is 11.3 Å². The number of hydrogen-bond donors (Lipinski definition) is 2. The van der Waals surface area contributed by atoms with Crippen molar-refractivity contribution >= 4 is 22.4 Å². The molecular weight excluding hydrogens is 248 g/mol. The number of amides is 1. The molecule has 2 rings (SSSR count). The van der Waals surface area contributed by atoms with Gasteiger partial charge in [-0.1, -0.05) is 44.9 Å². The highest BCUT2D eigenvalue weighted by Gasteiger charge is 2.37. The van der Waals surface area contributed by atoms with E-state index in [2.05, 4.69) is 36.3 Å². The van der Waals surface area contributed by atoms with Gasteiger partial charge in [0, 0.05) is 5.41 Å². The number of rotatable bonds is 2. The van der Waals surface area contributed by atoms with Gasteiger partial charge in [0.1, 0.15) is 5.01 Å². The second-order valence-corrected chi connectivity index (χ2v) is 6.96. The number of aromatic nitrogens is 2. The molecule has 0 radical (unpaired) electrons. The molecule has 1 fully saturated rings. The molecule has 6 heteroatoms. The standard InChI is InChI=1S/C12H20N4OS/c1-11(2,3)9-15-16-10(18-9)14-8(17)12(13)6-4-5-7-12/h4-7,13H2,1-3H3,(H,14,16,17). The van der Waals surface area contributed by atoms with Crippen LogP contribution in [0, 0.1) is 0 Å². The second kappa shape index (κ2) is 4.59. The number of nitrogens with two attached hydrogens (primary N) is 1. The molecule has 100 valence electrons. The Labute approximate surface area is 111 Å². The van der Waals surface area contributed by atoms with Crippen molar-refractivity contribution in [2.45, 2.75) is 57.4 Å². The Morgan fingerprint density at radius 1 is 1.33 bits per heavy atom. The smallest absolute Gasteiger partial charge is 0.246 e. The molecule has 5 nitrogen and oxygen atoms in total. The highest BCUT2D eigenvalue weighted by Crippen LogP contribution is 2.31. The average Bonchev–Trinajstić information content (AvgIpc) is 2.86. The Kier molecular flexibility index (Phi) is 3.42. The maximum atomic E-state index is 12.1. The van der Waals surface area contributed by atoms with Crippen molar-refractivity contribution < 1.29 is 4.79 Å². The molecule has 0 saturated heterocycles. The number of nitrogens with zero attached hydrogens (tertiary/aromatic N) is 2. The molecule has 1 amide bonds. The van der Waals surface area contributed by atoms with Gasteiger partial charge in [0.15, 0.2) is 0 Å². The molecule has 3 N–H and O–H groups in total. The van der Waals surface area contributed by atoms with Crippen LogP contribution in [-0.2, 0) is 10.2 Å². The second-order valence-electron chi connectivity index (χ2n) is 5.98. The molecule has 0 atom stereocenters. The minimum absolute atomic E-state index is 0.0472. The van der Waals surface area contributed by atoms with Crippen molar-refractivity contribution in [3.8, 4) is 0 Å². The fourth-order valence-electron chi connectivity index (χ4n) is 2.03. The highest BCUT2D eigenvalue weighted by molar-refractivity contribution is 7.15. The Balaban J connectivity index is 2.06. The third kappa shape index (κ3) is 2.70. The van der Waals surface area contributed by atoms with E-state index in [4.69, 9.17) is 5.73 Å². The lowest BCUT2D eigenvalue weighted by atomic mass is 9.98. The molecular formula is C12H20N4OS. The van der Waals surface area contributed by atoms with Crippen LogP contribution in [-0.4, -0.2) is 21.6 Å². The van der Waals surface area contributed by atoms with E-state index in [1.54, 1.807) is 0 Å². The minimum atomic E-state index is -0.715. The summed E-state index contributed by atoms with van der Waals surface area (Å²) in [4.78, 5) is 12.1. The predicted octanol–water partition coefficient (Wildman–Crippen LogP) is 2.05. The Morgan fingerprint density at radius 2 is 1.94 bits per heavy atom. The highest BCUT2D eigenvalue weighted by atomic mass is 32.1. The van der Waals surface area contributed by atoms with E-state index < -0.39 is 5.54 Å². The first-order valence-electron chi connectivity index (χ1n) is 6.26. The van der Waals surface area contributed by atoms with Crippen molar-refractivity contribution in [3.63, 3.8) is 0 Å². The Hall–Kier alpha value is -1.01. The molecule has 0 unspecified atom stereocenters.